The number of aryl methyl sites for hydroxylation is 1. The zero-order chi connectivity index (χ0) is 20.1. The first-order valence-corrected chi connectivity index (χ1v) is 9.18. The van der Waals surface area contributed by atoms with E-state index in [1.165, 1.54) is 6.07 Å². The number of aromatic nitrogens is 3. The number of hydrogen-bond donors (Lipinski definition) is 2. The molecule has 0 atom stereocenters. The van der Waals surface area contributed by atoms with Gasteiger partial charge < -0.3 is 19.2 Å². The molecule has 5 rings (SSSR count). The maximum absolute atomic E-state index is 11.2. The first-order valence-electron chi connectivity index (χ1n) is 9.18. The third-order valence-corrected chi connectivity index (χ3v) is 5.45. The fourth-order valence-corrected chi connectivity index (χ4v) is 4.09. The molecule has 0 saturated heterocycles. The van der Waals surface area contributed by atoms with Gasteiger partial charge in [0.2, 0.25) is 0 Å². The summed E-state index contributed by atoms with van der Waals surface area (Å²) in [6.07, 6.45) is 7.83. The number of nitro groups is 1. The average Bonchev–Trinajstić information content (AvgIpc) is 3.43. The van der Waals surface area contributed by atoms with Crippen LogP contribution in [0.1, 0.15) is 0 Å². The smallest absolute Gasteiger partial charge is 0.271 e. The molecule has 0 spiro atoms. The van der Waals surface area contributed by atoms with Crippen LogP contribution in [0.4, 0.5) is 5.69 Å². The van der Waals surface area contributed by atoms with Crippen LogP contribution in [-0.4, -0.2) is 24.1 Å². The van der Waals surface area contributed by atoms with Crippen LogP contribution < -0.4 is 0 Å². The highest BCUT2D eigenvalue weighted by atomic mass is 16.6. The summed E-state index contributed by atoms with van der Waals surface area (Å²) in [6, 6.07) is 12.9. The van der Waals surface area contributed by atoms with Crippen molar-refractivity contribution < 1.29 is 10.0 Å². The highest BCUT2D eigenvalue weighted by Crippen LogP contribution is 2.40. The minimum absolute atomic E-state index is 0.0746. The first-order chi connectivity index (χ1) is 14.1. The van der Waals surface area contributed by atoms with Crippen LogP contribution in [0, 0.1) is 10.1 Å². The molecular formula is C22H18N4O3. The molecular weight excluding hydrogens is 368 g/mol. The van der Waals surface area contributed by atoms with Gasteiger partial charge in [0.05, 0.1) is 16.0 Å². The van der Waals surface area contributed by atoms with Crippen molar-refractivity contribution in [3.63, 3.8) is 0 Å². The van der Waals surface area contributed by atoms with E-state index in [4.69, 9.17) is 0 Å². The van der Waals surface area contributed by atoms with Gasteiger partial charge in [0.25, 0.3) is 5.69 Å². The average molecular weight is 386 g/mol. The van der Waals surface area contributed by atoms with Gasteiger partial charge in [-0.2, -0.15) is 0 Å². The van der Waals surface area contributed by atoms with Gasteiger partial charge in [-0.05, 0) is 12.1 Å². The molecule has 3 aromatic heterocycles. The number of benzene rings is 2. The van der Waals surface area contributed by atoms with Gasteiger partial charge >= 0.3 is 0 Å². The lowest BCUT2D eigenvalue weighted by Crippen LogP contribution is -1.92. The number of rotatable bonds is 4. The highest BCUT2D eigenvalue weighted by molar-refractivity contribution is 6.05. The molecule has 144 valence electrons. The third-order valence-electron chi connectivity index (χ3n) is 5.45. The molecule has 0 radical (unpaired) electrons. The molecule has 0 aliphatic rings. The summed E-state index contributed by atoms with van der Waals surface area (Å²) in [4.78, 5) is 14.0. The summed E-state index contributed by atoms with van der Waals surface area (Å²) < 4.78 is 3.72. The molecule has 0 unspecified atom stereocenters. The standard InChI is InChI=1S/C22H18N4O3/c1-24-11-19(16-7-6-14(26(28)29)8-22(16)24)17-9-23-10-18(17)20-12-25(13-27)21-5-3-2-4-15(20)21/h2-12,23,27H,13H2,1H3. The van der Waals surface area contributed by atoms with Gasteiger partial charge in [0.1, 0.15) is 6.73 Å². The van der Waals surface area contributed by atoms with Gasteiger partial charge in [-0.15, -0.1) is 0 Å². The number of non-ortho nitro benzene ring substituents is 1. The minimum atomic E-state index is -0.377. The topological polar surface area (TPSA) is 89.0 Å². The Balaban J connectivity index is 1.74. The number of aromatic amines is 1. The number of aliphatic hydroxyl groups is 1. The molecule has 0 bridgehead atoms. The molecule has 3 heterocycles. The Morgan fingerprint density at radius 1 is 0.966 bits per heavy atom. The van der Waals surface area contributed by atoms with Gasteiger partial charge in [0, 0.05) is 77.0 Å². The van der Waals surface area contributed by atoms with Crippen molar-refractivity contribution in [3.05, 3.63) is 77.4 Å². The molecule has 2 aromatic carbocycles. The zero-order valence-electron chi connectivity index (χ0n) is 15.7. The predicted molar refractivity (Wildman–Crippen MR) is 113 cm³/mol. The number of H-pyrrole nitrogens is 1. The van der Waals surface area contributed by atoms with Crippen LogP contribution in [0.5, 0.6) is 0 Å². The monoisotopic (exact) mass is 386 g/mol. The molecule has 0 aliphatic heterocycles. The van der Waals surface area contributed by atoms with Gasteiger partial charge in [-0.3, -0.25) is 10.1 Å². The largest absolute Gasteiger partial charge is 0.376 e. The van der Waals surface area contributed by atoms with E-state index in [-0.39, 0.29) is 17.3 Å². The number of hydrogen-bond acceptors (Lipinski definition) is 3. The van der Waals surface area contributed by atoms with E-state index >= 15 is 0 Å². The molecule has 0 aliphatic carbocycles. The summed E-state index contributed by atoms with van der Waals surface area (Å²) in [5.74, 6) is 0. The van der Waals surface area contributed by atoms with E-state index in [1.807, 2.05) is 65.2 Å². The number of nitrogens with zero attached hydrogens (tertiary/aromatic N) is 3. The van der Waals surface area contributed by atoms with Crippen LogP contribution >= 0.6 is 0 Å². The Morgan fingerprint density at radius 3 is 2.38 bits per heavy atom. The van der Waals surface area contributed by atoms with Crippen molar-refractivity contribution in [3.8, 4) is 22.3 Å². The number of fused-ring (bicyclic) bond motifs is 2. The maximum atomic E-state index is 11.2. The number of nitrogens with one attached hydrogen (secondary N) is 1. The van der Waals surface area contributed by atoms with Crippen molar-refractivity contribution in [2.45, 2.75) is 6.73 Å². The van der Waals surface area contributed by atoms with Crippen LogP contribution in [0.25, 0.3) is 44.1 Å². The van der Waals surface area contributed by atoms with Crippen LogP contribution in [0.15, 0.2) is 67.3 Å². The Labute approximate surface area is 165 Å². The first kappa shape index (κ1) is 17.3. The van der Waals surface area contributed by atoms with E-state index in [0.29, 0.717) is 0 Å². The summed E-state index contributed by atoms with van der Waals surface area (Å²) in [6.45, 7) is -0.0990. The Kier molecular flexibility index (Phi) is 3.78. The molecule has 2 N–H and O–H groups in total. The SMILES string of the molecule is Cn1cc(-c2c[nH]cc2-c2cn(CO)c3ccccc23)c2ccc([N+](=O)[O-])cc21. The second-order valence-corrected chi connectivity index (χ2v) is 7.07. The highest BCUT2D eigenvalue weighted by Gasteiger charge is 2.19. The Hall–Kier alpha value is -3.84. The molecule has 29 heavy (non-hydrogen) atoms. The van der Waals surface area contributed by atoms with E-state index in [9.17, 15) is 15.2 Å². The Bertz CT molecular complexity index is 1390. The quantitative estimate of drug-likeness (QED) is 0.348. The van der Waals surface area contributed by atoms with Crippen LogP contribution in [0.2, 0.25) is 0 Å². The fourth-order valence-electron chi connectivity index (χ4n) is 4.09. The van der Waals surface area contributed by atoms with Crippen LogP contribution in [0.3, 0.4) is 0 Å². The molecule has 5 aromatic rings. The lowest BCUT2D eigenvalue weighted by molar-refractivity contribution is -0.384. The predicted octanol–water partition coefficient (Wildman–Crippen LogP) is 4.65. The third kappa shape index (κ3) is 2.55. The summed E-state index contributed by atoms with van der Waals surface area (Å²) in [5, 5.41) is 22.9. The Morgan fingerprint density at radius 2 is 1.66 bits per heavy atom. The van der Waals surface area contributed by atoms with Crippen molar-refractivity contribution in [1.82, 2.24) is 14.1 Å². The van der Waals surface area contributed by atoms with Crippen molar-refractivity contribution in [1.29, 1.82) is 0 Å². The van der Waals surface area contributed by atoms with Crippen LogP contribution in [-0.2, 0) is 13.8 Å². The molecule has 7 heteroatoms. The summed E-state index contributed by atoms with van der Waals surface area (Å²) in [7, 11) is 1.89. The normalized spacial score (nSPS) is 11.5. The molecule has 0 fully saturated rings. The minimum Gasteiger partial charge on any atom is -0.376 e. The lowest BCUT2D eigenvalue weighted by Gasteiger charge is -2.03. The second-order valence-electron chi connectivity index (χ2n) is 7.07. The van der Waals surface area contributed by atoms with Crippen molar-refractivity contribution in [2.75, 3.05) is 0 Å². The van der Waals surface area contributed by atoms with E-state index in [2.05, 4.69) is 4.98 Å². The molecule has 0 saturated carbocycles. The van der Waals surface area contributed by atoms with E-state index in [0.717, 1.165) is 44.1 Å². The molecule has 0 amide bonds. The van der Waals surface area contributed by atoms with E-state index in [1.54, 1.807) is 12.1 Å². The summed E-state index contributed by atoms with van der Waals surface area (Å²) in [5.41, 5.74) is 5.87. The second kappa shape index (κ2) is 6.35. The number of para-hydroxylation sites is 1. The summed E-state index contributed by atoms with van der Waals surface area (Å²) >= 11 is 0. The fraction of sp³-hybridized carbons (Fsp3) is 0.0909. The maximum Gasteiger partial charge on any atom is 0.271 e. The van der Waals surface area contributed by atoms with E-state index < -0.39 is 0 Å². The molecule has 7 nitrogen and oxygen atoms in total. The van der Waals surface area contributed by atoms with Gasteiger partial charge in [0.15, 0.2) is 0 Å². The number of nitro benzene ring substituents is 1. The zero-order valence-corrected chi connectivity index (χ0v) is 15.7. The van der Waals surface area contributed by atoms with Crippen molar-refractivity contribution >= 4 is 27.5 Å². The lowest BCUT2D eigenvalue weighted by atomic mass is 9.98. The van der Waals surface area contributed by atoms with Gasteiger partial charge in [-0.25, -0.2) is 0 Å². The number of aliphatic hydroxyl groups excluding tert-OH is 1. The van der Waals surface area contributed by atoms with Gasteiger partial charge in [-0.1, -0.05) is 18.2 Å². The van der Waals surface area contributed by atoms with Crippen molar-refractivity contribution in [2.24, 2.45) is 7.05 Å².